The Morgan fingerprint density at radius 2 is 2.15 bits per heavy atom. The molecule has 0 radical (unpaired) electrons. The Balaban J connectivity index is 2.17. The summed E-state index contributed by atoms with van der Waals surface area (Å²) < 4.78 is 2.24. The summed E-state index contributed by atoms with van der Waals surface area (Å²) in [5.41, 5.74) is 5.12. The molecule has 3 heteroatoms. The van der Waals surface area contributed by atoms with Crippen molar-refractivity contribution in [1.82, 2.24) is 4.57 Å². The van der Waals surface area contributed by atoms with E-state index in [-0.39, 0.29) is 5.92 Å². The Kier molecular flexibility index (Phi) is 3.08. The molecule has 0 saturated heterocycles. The first kappa shape index (κ1) is 13.2. The predicted molar refractivity (Wildman–Crippen MR) is 80.2 cm³/mol. The molecule has 0 spiro atoms. The standard InChI is InChI=1S/C17H21NO2/c1-10(2)11-4-6-15-13(8-11)14-9-12(17(19)20)5-7-16(14)18(15)3/h4,6,8,10,12H,5,7,9H2,1-3H3,(H,19,20). The highest BCUT2D eigenvalue weighted by Gasteiger charge is 2.28. The molecule has 1 heterocycles. The second-order valence-electron chi connectivity index (χ2n) is 6.19. The zero-order valence-electron chi connectivity index (χ0n) is 12.3. The lowest BCUT2D eigenvalue weighted by atomic mass is 9.86. The Bertz CT molecular complexity index is 682. The normalized spacial score (nSPS) is 18.5. The Hall–Kier alpha value is -1.77. The molecule has 106 valence electrons. The van der Waals surface area contributed by atoms with Gasteiger partial charge < -0.3 is 9.67 Å². The van der Waals surface area contributed by atoms with Crippen molar-refractivity contribution in [1.29, 1.82) is 0 Å². The van der Waals surface area contributed by atoms with Crippen molar-refractivity contribution in [2.75, 3.05) is 0 Å². The molecule has 1 atom stereocenters. The fourth-order valence-corrected chi connectivity index (χ4v) is 3.37. The van der Waals surface area contributed by atoms with Gasteiger partial charge in [0.15, 0.2) is 0 Å². The lowest BCUT2D eigenvalue weighted by molar-refractivity contribution is -0.142. The largest absolute Gasteiger partial charge is 0.481 e. The number of rotatable bonds is 2. The average molecular weight is 271 g/mol. The summed E-state index contributed by atoms with van der Waals surface area (Å²) in [6.07, 6.45) is 2.29. The monoisotopic (exact) mass is 271 g/mol. The van der Waals surface area contributed by atoms with Crippen LogP contribution in [0.5, 0.6) is 0 Å². The van der Waals surface area contributed by atoms with Gasteiger partial charge in [0.25, 0.3) is 0 Å². The van der Waals surface area contributed by atoms with E-state index in [4.69, 9.17) is 0 Å². The molecule has 1 unspecified atom stereocenters. The van der Waals surface area contributed by atoms with Crippen LogP contribution in [0.3, 0.4) is 0 Å². The van der Waals surface area contributed by atoms with E-state index in [1.54, 1.807) is 0 Å². The average Bonchev–Trinajstić information content (AvgIpc) is 2.71. The van der Waals surface area contributed by atoms with Gasteiger partial charge in [-0.1, -0.05) is 19.9 Å². The molecule has 0 bridgehead atoms. The van der Waals surface area contributed by atoms with E-state index in [1.807, 2.05) is 0 Å². The molecule has 3 rings (SSSR count). The Morgan fingerprint density at radius 3 is 2.80 bits per heavy atom. The number of aromatic nitrogens is 1. The summed E-state index contributed by atoms with van der Waals surface area (Å²) in [7, 11) is 2.09. The summed E-state index contributed by atoms with van der Waals surface area (Å²) >= 11 is 0. The number of aryl methyl sites for hydroxylation is 1. The number of hydrogen-bond donors (Lipinski definition) is 1. The molecular formula is C17H21NO2. The van der Waals surface area contributed by atoms with Gasteiger partial charge in [-0.2, -0.15) is 0 Å². The minimum atomic E-state index is -0.660. The zero-order chi connectivity index (χ0) is 14.4. The highest BCUT2D eigenvalue weighted by Crippen LogP contribution is 2.35. The number of carboxylic acids is 1. The summed E-state index contributed by atoms with van der Waals surface area (Å²) in [6.45, 7) is 4.38. The highest BCUT2D eigenvalue weighted by atomic mass is 16.4. The minimum absolute atomic E-state index is 0.226. The van der Waals surface area contributed by atoms with Crippen molar-refractivity contribution < 1.29 is 9.90 Å². The van der Waals surface area contributed by atoms with Gasteiger partial charge in [0.05, 0.1) is 5.92 Å². The second kappa shape index (κ2) is 4.65. The molecule has 3 nitrogen and oxygen atoms in total. The maximum absolute atomic E-state index is 11.3. The molecule has 1 N–H and O–H groups in total. The number of nitrogens with zero attached hydrogens (tertiary/aromatic N) is 1. The van der Waals surface area contributed by atoms with Crippen LogP contribution in [0, 0.1) is 5.92 Å². The van der Waals surface area contributed by atoms with E-state index >= 15 is 0 Å². The zero-order valence-corrected chi connectivity index (χ0v) is 12.3. The van der Waals surface area contributed by atoms with Crippen LogP contribution in [0.25, 0.3) is 10.9 Å². The maximum atomic E-state index is 11.3. The van der Waals surface area contributed by atoms with E-state index in [2.05, 4.69) is 43.7 Å². The molecular weight excluding hydrogens is 250 g/mol. The van der Waals surface area contributed by atoms with Crippen molar-refractivity contribution in [3.05, 3.63) is 35.0 Å². The van der Waals surface area contributed by atoms with Gasteiger partial charge in [0.2, 0.25) is 0 Å². The number of carboxylic acid groups (broad SMARTS) is 1. The number of fused-ring (bicyclic) bond motifs is 3. The van der Waals surface area contributed by atoms with Crippen LogP contribution >= 0.6 is 0 Å². The van der Waals surface area contributed by atoms with Gasteiger partial charge in [-0.25, -0.2) is 0 Å². The third-order valence-electron chi connectivity index (χ3n) is 4.66. The van der Waals surface area contributed by atoms with Crippen LogP contribution < -0.4 is 0 Å². The lowest BCUT2D eigenvalue weighted by Gasteiger charge is -2.20. The first-order chi connectivity index (χ1) is 9.49. The lowest BCUT2D eigenvalue weighted by Crippen LogP contribution is -2.22. The Morgan fingerprint density at radius 1 is 1.40 bits per heavy atom. The molecule has 1 aliphatic rings. The maximum Gasteiger partial charge on any atom is 0.306 e. The van der Waals surface area contributed by atoms with E-state index in [1.165, 1.54) is 27.7 Å². The van der Waals surface area contributed by atoms with Gasteiger partial charge in [-0.15, -0.1) is 0 Å². The first-order valence-electron chi connectivity index (χ1n) is 7.32. The molecule has 2 aromatic rings. The molecule has 1 aliphatic carbocycles. The molecule has 0 aliphatic heterocycles. The highest BCUT2D eigenvalue weighted by molar-refractivity contribution is 5.87. The van der Waals surface area contributed by atoms with Crippen molar-refractivity contribution in [3.8, 4) is 0 Å². The second-order valence-corrected chi connectivity index (χ2v) is 6.19. The van der Waals surface area contributed by atoms with Crippen molar-refractivity contribution in [2.24, 2.45) is 13.0 Å². The van der Waals surface area contributed by atoms with Gasteiger partial charge in [0.1, 0.15) is 0 Å². The molecule has 0 fully saturated rings. The van der Waals surface area contributed by atoms with Crippen LogP contribution in [0.2, 0.25) is 0 Å². The third-order valence-corrected chi connectivity index (χ3v) is 4.66. The van der Waals surface area contributed by atoms with Gasteiger partial charge in [0, 0.05) is 23.6 Å². The Labute approximate surface area is 119 Å². The van der Waals surface area contributed by atoms with Crippen molar-refractivity contribution in [2.45, 2.75) is 39.0 Å². The predicted octanol–water partition coefficient (Wildman–Crippen LogP) is 3.49. The smallest absolute Gasteiger partial charge is 0.306 e. The molecule has 20 heavy (non-hydrogen) atoms. The first-order valence-corrected chi connectivity index (χ1v) is 7.32. The van der Waals surface area contributed by atoms with E-state index < -0.39 is 5.97 Å². The fraction of sp³-hybridized carbons (Fsp3) is 0.471. The van der Waals surface area contributed by atoms with Gasteiger partial charge in [-0.3, -0.25) is 4.79 Å². The van der Waals surface area contributed by atoms with Crippen molar-refractivity contribution >= 4 is 16.9 Å². The van der Waals surface area contributed by atoms with E-state index in [0.717, 1.165) is 12.8 Å². The number of benzene rings is 1. The quantitative estimate of drug-likeness (QED) is 0.908. The molecule has 0 amide bonds. The molecule has 1 aromatic carbocycles. The number of carbonyl (C=O) groups is 1. The summed E-state index contributed by atoms with van der Waals surface area (Å²) in [4.78, 5) is 11.3. The van der Waals surface area contributed by atoms with Crippen LogP contribution in [0.15, 0.2) is 18.2 Å². The van der Waals surface area contributed by atoms with E-state index in [0.29, 0.717) is 12.3 Å². The van der Waals surface area contributed by atoms with Gasteiger partial charge >= 0.3 is 5.97 Å². The number of hydrogen-bond acceptors (Lipinski definition) is 1. The molecule has 1 aromatic heterocycles. The topological polar surface area (TPSA) is 42.2 Å². The van der Waals surface area contributed by atoms with Crippen LogP contribution in [0.1, 0.15) is 43.0 Å². The van der Waals surface area contributed by atoms with Crippen molar-refractivity contribution in [3.63, 3.8) is 0 Å². The third kappa shape index (κ3) is 1.92. The van der Waals surface area contributed by atoms with Crippen LogP contribution in [-0.2, 0) is 24.7 Å². The van der Waals surface area contributed by atoms with Gasteiger partial charge in [-0.05, 0) is 48.4 Å². The molecule has 0 saturated carbocycles. The van der Waals surface area contributed by atoms with Crippen LogP contribution in [-0.4, -0.2) is 15.6 Å². The summed E-state index contributed by atoms with van der Waals surface area (Å²) in [5, 5.41) is 10.5. The minimum Gasteiger partial charge on any atom is -0.481 e. The SMILES string of the molecule is CC(C)c1ccc2c(c1)c1c(n2C)CCC(C(=O)O)C1. The van der Waals surface area contributed by atoms with Crippen LogP contribution in [0.4, 0.5) is 0 Å². The number of aliphatic carboxylic acids is 1. The van der Waals surface area contributed by atoms with E-state index in [9.17, 15) is 9.90 Å². The summed E-state index contributed by atoms with van der Waals surface area (Å²) in [5.74, 6) is -0.391. The fourth-order valence-electron chi connectivity index (χ4n) is 3.37. The summed E-state index contributed by atoms with van der Waals surface area (Å²) in [6, 6.07) is 6.62.